The second-order valence-electron chi connectivity index (χ2n) is 6.05. The minimum absolute atomic E-state index is 0. The number of nitrogens with one attached hydrogen (secondary N) is 2. The van der Waals surface area contributed by atoms with E-state index in [4.69, 9.17) is 11.6 Å². The summed E-state index contributed by atoms with van der Waals surface area (Å²) < 4.78 is 1.95. The van der Waals surface area contributed by atoms with Crippen LogP contribution in [0.1, 0.15) is 23.9 Å². The highest BCUT2D eigenvalue weighted by Gasteiger charge is 2.03. The van der Waals surface area contributed by atoms with Crippen molar-refractivity contribution in [1.82, 2.24) is 25.2 Å². The fourth-order valence-electron chi connectivity index (χ4n) is 2.62. The molecule has 28 heavy (non-hydrogen) atoms. The molecule has 0 aliphatic rings. The van der Waals surface area contributed by atoms with Gasteiger partial charge in [-0.05, 0) is 43.2 Å². The molecular formula is C20H24ClIN6. The molecule has 8 heteroatoms. The molecule has 6 nitrogen and oxygen atoms in total. The minimum atomic E-state index is 0. The van der Waals surface area contributed by atoms with Crippen LogP contribution in [-0.4, -0.2) is 27.0 Å². The summed E-state index contributed by atoms with van der Waals surface area (Å²) in [5, 5.41) is 7.31. The zero-order valence-electron chi connectivity index (χ0n) is 15.9. The average molecular weight is 511 g/mol. The SMILES string of the molecule is CCNC(=NCc1ccc(-n2ccnc2C)nc1)NCc1cccc(Cl)c1.I. The van der Waals surface area contributed by atoms with Crippen LogP contribution in [0.5, 0.6) is 0 Å². The smallest absolute Gasteiger partial charge is 0.191 e. The summed E-state index contributed by atoms with van der Waals surface area (Å²) in [4.78, 5) is 13.4. The van der Waals surface area contributed by atoms with E-state index in [2.05, 4.69) is 25.6 Å². The third-order valence-electron chi connectivity index (χ3n) is 3.99. The molecule has 0 atom stereocenters. The van der Waals surface area contributed by atoms with Gasteiger partial charge in [0.05, 0.1) is 6.54 Å². The van der Waals surface area contributed by atoms with Gasteiger partial charge in [-0.1, -0.05) is 29.8 Å². The molecule has 148 valence electrons. The molecule has 3 aromatic rings. The number of pyridine rings is 1. The zero-order chi connectivity index (χ0) is 19.1. The van der Waals surface area contributed by atoms with Crippen LogP contribution in [0.3, 0.4) is 0 Å². The van der Waals surface area contributed by atoms with Gasteiger partial charge in [0.15, 0.2) is 5.96 Å². The number of halogens is 2. The Morgan fingerprint density at radius 3 is 2.64 bits per heavy atom. The first-order valence-corrected chi connectivity index (χ1v) is 9.25. The van der Waals surface area contributed by atoms with Crippen molar-refractivity contribution in [3.05, 3.63) is 77.0 Å². The summed E-state index contributed by atoms with van der Waals surface area (Å²) in [6, 6.07) is 11.8. The Hall–Kier alpha value is -2.13. The lowest BCUT2D eigenvalue weighted by atomic mass is 10.2. The second-order valence-corrected chi connectivity index (χ2v) is 6.48. The molecule has 0 bridgehead atoms. The molecule has 0 aliphatic carbocycles. The zero-order valence-corrected chi connectivity index (χ0v) is 19.0. The van der Waals surface area contributed by atoms with Crippen molar-refractivity contribution >= 4 is 41.5 Å². The summed E-state index contributed by atoms with van der Waals surface area (Å²) in [6.45, 7) is 5.98. The summed E-state index contributed by atoms with van der Waals surface area (Å²) in [6.07, 6.45) is 5.51. The van der Waals surface area contributed by atoms with E-state index in [9.17, 15) is 0 Å². The lowest BCUT2D eigenvalue weighted by molar-refractivity contribution is 0.815. The second kappa shape index (κ2) is 11.0. The van der Waals surface area contributed by atoms with Crippen LogP contribution in [0.2, 0.25) is 5.02 Å². The molecular weight excluding hydrogens is 487 g/mol. The minimum Gasteiger partial charge on any atom is -0.357 e. The highest BCUT2D eigenvalue weighted by atomic mass is 127. The van der Waals surface area contributed by atoms with Gasteiger partial charge in [0, 0.05) is 36.7 Å². The summed E-state index contributed by atoms with van der Waals surface area (Å²) in [7, 11) is 0. The fourth-order valence-corrected chi connectivity index (χ4v) is 2.83. The number of guanidine groups is 1. The average Bonchev–Trinajstić information content (AvgIpc) is 3.10. The van der Waals surface area contributed by atoms with Crippen molar-refractivity contribution in [2.75, 3.05) is 6.54 Å². The molecule has 2 aromatic heterocycles. The number of benzene rings is 1. The first-order chi connectivity index (χ1) is 13.2. The molecule has 0 saturated heterocycles. The van der Waals surface area contributed by atoms with Crippen LogP contribution in [0, 0.1) is 6.92 Å². The molecule has 0 radical (unpaired) electrons. The highest BCUT2D eigenvalue weighted by Crippen LogP contribution is 2.11. The Morgan fingerprint density at radius 2 is 2.00 bits per heavy atom. The fraction of sp³-hybridized carbons (Fsp3) is 0.250. The van der Waals surface area contributed by atoms with Gasteiger partial charge >= 0.3 is 0 Å². The number of nitrogens with zero attached hydrogens (tertiary/aromatic N) is 4. The van der Waals surface area contributed by atoms with Crippen molar-refractivity contribution in [3.63, 3.8) is 0 Å². The van der Waals surface area contributed by atoms with Gasteiger partial charge < -0.3 is 10.6 Å². The van der Waals surface area contributed by atoms with Gasteiger partial charge in [0.25, 0.3) is 0 Å². The highest BCUT2D eigenvalue weighted by molar-refractivity contribution is 14.0. The molecule has 3 rings (SSSR count). The van der Waals surface area contributed by atoms with Crippen LogP contribution in [0.4, 0.5) is 0 Å². The van der Waals surface area contributed by atoms with Gasteiger partial charge in [-0.3, -0.25) is 4.57 Å². The van der Waals surface area contributed by atoms with E-state index in [1.54, 1.807) is 6.20 Å². The number of aliphatic imine (C=N–C) groups is 1. The van der Waals surface area contributed by atoms with E-state index >= 15 is 0 Å². The van der Waals surface area contributed by atoms with E-state index in [1.807, 2.05) is 67.2 Å². The predicted octanol–water partition coefficient (Wildman–Crippen LogP) is 4.10. The molecule has 2 heterocycles. The molecule has 0 saturated carbocycles. The lowest BCUT2D eigenvalue weighted by Crippen LogP contribution is -2.36. The standard InChI is InChI=1S/C20H23ClN6.HI/c1-3-22-20(25-12-16-5-4-6-18(21)11-16)26-14-17-7-8-19(24-13-17)27-10-9-23-15(27)2;/h4-11,13H,3,12,14H2,1-2H3,(H2,22,25,26);1H. The molecule has 0 aliphatic heterocycles. The number of imidazole rings is 1. The van der Waals surface area contributed by atoms with Gasteiger partial charge in [0.1, 0.15) is 11.6 Å². The molecule has 0 spiro atoms. The number of hydrogen-bond acceptors (Lipinski definition) is 3. The third kappa shape index (κ3) is 6.20. The van der Waals surface area contributed by atoms with Gasteiger partial charge in [-0.15, -0.1) is 24.0 Å². The Balaban J connectivity index is 0.00000280. The van der Waals surface area contributed by atoms with Crippen LogP contribution in [0.15, 0.2) is 60.0 Å². The van der Waals surface area contributed by atoms with Crippen molar-refractivity contribution in [2.24, 2.45) is 4.99 Å². The normalized spacial score (nSPS) is 11.0. The molecule has 0 unspecified atom stereocenters. The first kappa shape index (κ1) is 22.2. The van der Waals surface area contributed by atoms with Crippen molar-refractivity contribution in [2.45, 2.75) is 26.9 Å². The lowest BCUT2D eigenvalue weighted by Gasteiger charge is -2.11. The van der Waals surface area contributed by atoms with Crippen molar-refractivity contribution in [3.8, 4) is 5.82 Å². The summed E-state index contributed by atoms with van der Waals surface area (Å²) in [5.74, 6) is 2.52. The first-order valence-electron chi connectivity index (χ1n) is 8.87. The Labute approximate surface area is 187 Å². The largest absolute Gasteiger partial charge is 0.357 e. The molecule has 1 aromatic carbocycles. The van der Waals surface area contributed by atoms with Gasteiger partial charge in [-0.2, -0.15) is 0 Å². The maximum Gasteiger partial charge on any atom is 0.191 e. The van der Waals surface area contributed by atoms with E-state index in [0.717, 1.165) is 40.3 Å². The predicted molar refractivity (Wildman–Crippen MR) is 125 cm³/mol. The van der Waals surface area contributed by atoms with Crippen molar-refractivity contribution < 1.29 is 0 Å². The molecule has 0 amide bonds. The van der Waals surface area contributed by atoms with E-state index in [1.165, 1.54) is 0 Å². The number of rotatable bonds is 6. The van der Waals surface area contributed by atoms with E-state index in [0.29, 0.717) is 13.1 Å². The summed E-state index contributed by atoms with van der Waals surface area (Å²) >= 11 is 6.04. The monoisotopic (exact) mass is 510 g/mol. The Bertz CT molecular complexity index is 907. The Morgan fingerprint density at radius 1 is 1.14 bits per heavy atom. The molecule has 0 fully saturated rings. The van der Waals surface area contributed by atoms with E-state index < -0.39 is 0 Å². The van der Waals surface area contributed by atoms with Gasteiger partial charge in [-0.25, -0.2) is 15.0 Å². The van der Waals surface area contributed by atoms with Gasteiger partial charge in [0.2, 0.25) is 0 Å². The topological polar surface area (TPSA) is 67.1 Å². The maximum absolute atomic E-state index is 6.04. The Kier molecular flexibility index (Phi) is 8.72. The molecule has 2 N–H and O–H groups in total. The van der Waals surface area contributed by atoms with Crippen molar-refractivity contribution in [1.29, 1.82) is 0 Å². The summed E-state index contributed by atoms with van der Waals surface area (Å²) in [5.41, 5.74) is 2.14. The number of aromatic nitrogens is 3. The van der Waals surface area contributed by atoms with Crippen LogP contribution in [0.25, 0.3) is 5.82 Å². The number of aryl methyl sites for hydroxylation is 1. The quantitative estimate of drug-likeness (QED) is 0.298. The maximum atomic E-state index is 6.04. The number of hydrogen-bond donors (Lipinski definition) is 2. The van der Waals surface area contributed by atoms with Crippen LogP contribution >= 0.6 is 35.6 Å². The van der Waals surface area contributed by atoms with Crippen LogP contribution in [-0.2, 0) is 13.1 Å². The van der Waals surface area contributed by atoms with E-state index in [-0.39, 0.29) is 24.0 Å². The third-order valence-corrected chi connectivity index (χ3v) is 4.23. The van der Waals surface area contributed by atoms with Crippen LogP contribution < -0.4 is 10.6 Å².